The number of esters is 1. The molecule has 1 unspecified atom stereocenters. The summed E-state index contributed by atoms with van der Waals surface area (Å²) in [5.74, 6) is -1.95. The van der Waals surface area contributed by atoms with Gasteiger partial charge >= 0.3 is 11.9 Å². The van der Waals surface area contributed by atoms with E-state index in [-0.39, 0.29) is 6.04 Å². The summed E-state index contributed by atoms with van der Waals surface area (Å²) in [6.07, 6.45) is 1.90. The molecule has 0 aromatic heterocycles. The summed E-state index contributed by atoms with van der Waals surface area (Å²) in [5, 5.41) is 9.51. The van der Waals surface area contributed by atoms with Gasteiger partial charge in [-0.2, -0.15) is 0 Å². The minimum atomic E-state index is -0.877. The van der Waals surface area contributed by atoms with E-state index in [1.807, 2.05) is 13.1 Å². The van der Waals surface area contributed by atoms with Crippen LogP contribution in [-0.4, -0.2) is 47.2 Å². The Labute approximate surface area is 123 Å². The Kier molecular flexibility index (Phi) is 3.68. The van der Waals surface area contributed by atoms with Crippen LogP contribution in [0.5, 0.6) is 0 Å². The number of ether oxygens (including phenoxy) is 1. The molecule has 0 spiro atoms. The summed E-state index contributed by atoms with van der Waals surface area (Å²) < 4.78 is 5.53. The van der Waals surface area contributed by atoms with Crippen LogP contribution in [0.4, 0.5) is 0 Å². The third kappa shape index (κ3) is 2.53. The Hall–Kier alpha value is -1.88. The Morgan fingerprint density at radius 2 is 1.95 bits per heavy atom. The fraction of sp³-hybridized carbons (Fsp3) is 0.500. The van der Waals surface area contributed by atoms with Crippen molar-refractivity contribution >= 4 is 11.9 Å². The van der Waals surface area contributed by atoms with Gasteiger partial charge in [0.25, 0.3) is 0 Å². The monoisotopic (exact) mass is 289 g/mol. The second kappa shape index (κ2) is 5.48. The van der Waals surface area contributed by atoms with Crippen LogP contribution in [0.15, 0.2) is 30.3 Å². The molecule has 0 radical (unpaired) electrons. The summed E-state index contributed by atoms with van der Waals surface area (Å²) in [7, 11) is 1.97. The Bertz CT molecular complexity index is 544. The first-order valence-corrected chi connectivity index (χ1v) is 7.28. The van der Waals surface area contributed by atoms with Crippen molar-refractivity contribution in [1.29, 1.82) is 0 Å². The number of hydrogen-bond donors (Lipinski definition) is 1. The van der Waals surface area contributed by atoms with Crippen molar-refractivity contribution < 1.29 is 19.4 Å². The molecule has 2 saturated heterocycles. The van der Waals surface area contributed by atoms with E-state index in [4.69, 9.17) is 4.74 Å². The fourth-order valence-corrected chi connectivity index (χ4v) is 3.65. The minimum absolute atomic E-state index is 0.0326. The molecule has 1 aromatic rings. The van der Waals surface area contributed by atoms with Crippen LogP contribution in [-0.2, 0) is 9.53 Å². The molecule has 2 aliphatic rings. The van der Waals surface area contributed by atoms with Gasteiger partial charge in [-0.1, -0.05) is 18.2 Å². The van der Waals surface area contributed by atoms with Crippen LogP contribution >= 0.6 is 0 Å². The number of benzene rings is 1. The first-order valence-electron chi connectivity index (χ1n) is 7.28. The van der Waals surface area contributed by atoms with E-state index in [2.05, 4.69) is 4.90 Å². The molecule has 3 rings (SSSR count). The lowest BCUT2D eigenvalue weighted by Crippen LogP contribution is -2.53. The van der Waals surface area contributed by atoms with Crippen molar-refractivity contribution in [2.24, 2.45) is 5.92 Å². The number of nitrogens with zero attached hydrogens (tertiary/aromatic N) is 1. The maximum Gasteiger partial charge on any atom is 0.338 e. The zero-order valence-corrected chi connectivity index (χ0v) is 11.9. The number of carboxylic acids is 1. The number of fused-ring (bicyclic) bond motifs is 2. The molecule has 5 heteroatoms. The first kappa shape index (κ1) is 14.1. The fourth-order valence-electron chi connectivity index (χ4n) is 3.65. The van der Waals surface area contributed by atoms with E-state index in [9.17, 15) is 14.7 Å². The first-order chi connectivity index (χ1) is 10.1. The maximum atomic E-state index is 12.2. The quantitative estimate of drug-likeness (QED) is 0.859. The van der Waals surface area contributed by atoms with Gasteiger partial charge in [-0.25, -0.2) is 4.79 Å². The van der Waals surface area contributed by atoms with Crippen LogP contribution in [0.3, 0.4) is 0 Å². The average Bonchev–Trinajstić information content (AvgIpc) is 2.72. The molecule has 2 heterocycles. The van der Waals surface area contributed by atoms with Gasteiger partial charge in [-0.3, -0.25) is 9.69 Å². The van der Waals surface area contributed by atoms with Crippen molar-refractivity contribution in [3.63, 3.8) is 0 Å². The molecule has 4 atom stereocenters. The second-order valence-electron chi connectivity index (χ2n) is 5.87. The SMILES string of the molecule is CN1[C@H]2CC[C@@H]1C(C(=O)O)[C@@H](OC(=O)c1ccccc1)C2. The molecule has 0 saturated carbocycles. The van der Waals surface area contributed by atoms with Crippen LogP contribution in [0.1, 0.15) is 29.6 Å². The molecule has 1 aromatic carbocycles. The third-order valence-electron chi connectivity index (χ3n) is 4.77. The van der Waals surface area contributed by atoms with Crippen LogP contribution in [0.2, 0.25) is 0 Å². The topological polar surface area (TPSA) is 66.8 Å². The zero-order chi connectivity index (χ0) is 15.0. The van der Waals surface area contributed by atoms with E-state index in [1.54, 1.807) is 24.3 Å². The number of carbonyl (C=O) groups is 2. The van der Waals surface area contributed by atoms with Gasteiger partial charge in [0.1, 0.15) is 12.0 Å². The largest absolute Gasteiger partial charge is 0.481 e. The highest BCUT2D eigenvalue weighted by Crippen LogP contribution is 2.39. The predicted molar refractivity (Wildman–Crippen MR) is 76.0 cm³/mol. The summed E-state index contributed by atoms with van der Waals surface area (Å²) in [4.78, 5) is 25.9. The molecule has 5 nitrogen and oxygen atoms in total. The minimum Gasteiger partial charge on any atom is -0.481 e. The smallest absolute Gasteiger partial charge is 0.338 e. The summed E-state index contributed by atoms with van der Waals surface area (Å²) in [6.45, 7) is 0. The Morgan fingerprint density at radius 3 is 2.62 bits per heavy atom. The van der Waals surface area contributed by atoms with Gasteiger partial charge in [0, 0.05) is 18.5 Å². The Morgan fingerprint density at radius 1 is 1.24 bits per heavy atom. The maximum absolute atomic E-state index is 12.2. The van der Waals surface area contributed by atoms with E-state index < -0.39 is 24.0 Å². The van der Waals surface area contributed by atoms with E-state index in [0.717, 1.165) is 12.8 Å². The van der Waals surface area contributed by atoms with Crippen molar-refractivity contribution in [3.8, 4) is 0 Å². The predicted octanol–water partition coefficient (Wildman–Crippen LogP) is 1.78. The molecular weight excluding hydrogens is 270 g/mol. The Balaban J connectivity index is 1.78. The van der Waals surface area contributed by atoms with Crippen molar-refractivity contribution in [2.45, 2.75) is 37.5 Å². The van der Waals surface area contributed by atoms with E-state index in [0.29, 0.717) is 18.0 Å². The van der Waals surface area contributed by atoms with Crippen molar-refractivity contribution in [3.05, 3.63) is 35.9 Å². The van der Waals surface area contributed by atoms with Crippen molar-refractivity contribution in [2.75, 3.05) is 7.05 Å². The van der Waals surface area contributed by atoms with Gasteiger partial charge in [-0.15, -0.1) is 0 Å². The van der Waals surface area contributed by atoms with Gasteiger partial charge in [-0.05, 0) is 32.0 Å². The molecule has 112 valence electrons. The normalized spacial score (nSPS) is 31.9. The lowest BCUT2D eigenvalue weighted by molar-refractivity contribution is -0.152. The second-order valence-corrected chi connectivity index (χ2v) is 5.87. The number of carboxylic acid groups (broad SMARTS) is 1. The summed E-state index contributed by atoms with van der Waals surface area (Å²) >= 11 is 0. The van der Waals surface area contributed by atoms with Crippen molar-refractivity contribution in [1.82, 2.24) is 4.90 Å². The molecule has 21 heavy (non-hydrogen) atoms. The highest BCUT2D eigenvalue weighted by molar-refractivity contribution is 5.89. The van der Waals surface area contributed by atoms with E-state index >= 15 is 0 Å². The molecular formula is C16H19NO4. The van der Waals surface area contributed by atoms with Crippen LogP contribution < -0.4 is 0 Å². The zero-order valence-electron chi connectivity index (χ0n) is 11.9. The third-order valence-corrected chi connectivity index (χ3v) is 4.77. The lowest BCUT2D eigenvalue weighted by atomic mass is 9.87. The van der Waals surface area contributed by atoms with Gasteiger partial charge in [0.2, 0.25) is 0 Å². The lowest BCUT2D eigenvalue weighted by Gasteiger charge is -2.40. The summed E-state index contributed by atoms with van der Waals surface area (Å²) in [5.41, 5.74) is 0.466. The number of hydrogen-bond acceptors (Lipinski definition) is 4. The summed E-state index contributed by atoms with van der Waals surface area (Å²) in [6, 6.07) is 9.01. The highest BCUT2D eigenvalue weighted by Gasteiger charge is 2.50. The number of rotatable bonds is 3. The van der Waals surface area contributed by atoms with Crippen LogP contribution in [0, 0.1) is 5.92 Å². The molecule has 0 amide bonds. The molecule has 2 fully saturated rings. The molecule has 2 aliphatic heterocycles. The average molecular weight is 289 g/mol. The number of aliphatic carboxylic acids is 1. The number of carbonyl (C=O) groups excluding carboxylic acids is 1. The van der Waals surface area contributed by atoms with E-state index in [1.165, 1.54) is 0 Å². The molecule has 2 bridgehead atoms. The molecule has 1 N–H and O–H groups in total. The highest BCUT2D eigenvalue weighted by atomic mass is 16.5. The van der Waals surface area contributed by atoms with Crippen LogP contribution in [0.25, 0.3) is 0 Å². The standard InChI is InChI=1S/C16H19NO4/c1-17-11-7-8-12(17)14(15(18)19)13(9-11)21-16(20)10-5-3-2-4-6-10/h2-6,11-14H,7-9H2,1H3,(H,18,19)/t11-,12+,13-,14?/m0/s1. The van der Waals surface area contributed by atoms with Gasteiger partial charge < -0.3 is 9.84 Å². The molecule has 0 aliphatic carbocycles. The van der Waals surface area contributed by atoms with Gasteiger partial charge in [0.15, 0.2) is 0 Å². The number of piperidine rings is 1. The van der Waals surface area contributed by atoms with Gasteiger partial charge in [0.05, 0.1) is 5.56 Å².